The van der Waals surface area contributed by atoms with Gasteiger partial charge in [-0.15, -0.1) is 34.1 Å². The molecule has 7 rings (SSSR count). The highest BCUT2D eigenvalue weighted by Crippen LogP contribution is 2.41. The summed E-state index contributed by atoms with van der Waals surface area (Å²) in [6.07, 6.45) is 2.47. The predicted octanol–water partition coefficient (Wildman–Crippen LogP) is 5.58. The molecule has 0 spiro atoms. The molecule has 2 heterocycles. The minimum absolute atomic E-state index is 0.0100. The highest BCUT2D eigenvalue weighted by Gasteiger charge is 2.26. The number of nitrogens with two attached hydrogens (primary N) is 2. The number of carbonyl (C=O) groups is 2. The van der Waals surface area contributed by atoms with Gasteiger partial charge >= 0.3 is 40.2 Å². The van der Waals surface area contributed by atoms with E-state index in [1.54, 1.807) is 0 Å². The van der Waals surface area contributed by atoms with Gasteiger partial charge in [0.2, 0.25) is 0 Å². The van der Waals surface area contributed by atoms with Gasteiger partial charge in [0.1, 0.15) is 37.4 Å². The quantitative estimate of drug-likeness (QED) is 0.00632. The van der Waals surface area contributed by atoms with E-state index in [2.05, 4.69) is 74.3 Å². The predicted molar refractivity (Wildman–Crippen MR) is 284 cm³/mol. The highest BCUT2D eigenvalue weighted by molar-refractivity contribution is 7.95. The molecule has 37 nitrogen and oxygen atoms in total. The SMILES string of the molecule is NC(=O)Nc1cc(Nc2nc(Nc3cc(N)c(S(=O)(=O)O)cc3N=Nc3ccc(S(=O)(=O)CCOS(=O)(=O)O)cc3SOOO)nc(-[n+]3ccc(C(=O)O)cc3)n2)ccc1N=Nc1cc2c(S(=O)(=O)O)cc(SOOO)cc2cc1S(=O)(=O)O. The number of fused-ring (bicyclic) bond motifs is 1. The fraction of sp³-hybridized carbons (Fsp3) is 0.0500. The number of urea groups is 1. The molecular weight excluding hydrogens is 1270 g/mol. The molecule has 0 saturated heterocycles. The van der Waals surface area contributed by atoms with Crippen molar-refractivity contribution in [1.29, 1.82) is 0 Å². The van der Waals surface area contributed by atoms with E-state index in [1.807, 2.05) is 0 Å². The van der Waals surface area contributed by atoms with Crippen molar-refractivity contribution in [3.8, 4) is 5.95 Å². The van der Waals surface area contributed by atoms with Gasteiger partial charge in [0.25, 0.3) is 30.4 Å². The number of hydrogen-bond acceptors (Lipinski definition) is 31. The lowest BCUT2D eigenvalue weighted by atomic mass is 10.1. The summed E-state index contributed by atoms with van der Waals surface area (Å²) in [7, 11) is -24.8. The van der Waals surface area contributed by atoms with E-state index in [4.69, 9.17) is 26.5 Å². The first-order valence-corrected chi connectivity index (χ1v) is 30.5. The van der Waals surface area contributed by atoms with E-state index in [-0.39, 0.29) is 90.5 Å². The van der Waals surface area contributed by atoms with Gasteiger partial charge in [-0.05, 0) is 100 Å². The Morgan fingerprint density at radius 2 is 1.24 bits per heavy atom. The number of sulfone groups is 1. The normalized spacial score (nSPS) is 12.5. The van der Waals surface area contributed by atoms with Gasteiger partial charge in [0.05, 0.1) is 81.3 Å². The number of nitrogens with zero attached hydrogens (tertiary/aromatic N) is 8. The summed E-state index contributed by atoms with van der Waals surface area (Å²) in [6, 6.07) is 12.9. The molecule has 0 fully saturated rings. The Balaban J connectivity index is 1.30. The second kappa shape index (κ2) is 25.8. The van der Waals surface area contributed by atoms with Crippen molar-refractivity contribution >= 4 is 155 Å². The van der Waals surface area contributed by atoms with Gasteiger partial charge in [-0.2, -0.15) is 33.7 Å². The molecular formula is C40H34N13O24S7+. The second-order valence-electron chi connectivity index (χ2n) is 15.9. The van der Waals surface area contributed by atoms with Gasteiger partial charge in [-0.3, -0.25) is 18.2 Å². The first-order chi connectivity index (χ1) is 39.3. The summed E-state index contributed by atoms with van der Waals surface area (Å²) in [6.45, 7) is -1.00. The molecule has 7 aromatic rings. The van der Waals surface area contributed by atoms with Gasteiger partial charge < -0.3 is 32.5 Å². The number of primary amides is 1. The molecule has 0 aliphatic heterocycles. The number of hydrogen-bond donors (Lipinski definition) is 12. The number of aromatic nitrogens is 4. The Morgan fingerprint density at radius 1 is 0.631 bits per heavy atom. The van der Waals surface area contributed by atoms with Gasteiger partial charge in [0, 0.05) is 16.0 Å². The summed E-state index contributed by atoms with van der Waals surface area (Å²) in [4.78, 5) is 33.5. The Morgan fingerprint density at radius 3 is 1.86 bits per heavy atom. The third-order valence-corrected chi connectivity index (χ3v) is 16.4. The lowest BCUT2D eigenvalue weighted by Crippen LogP contribution is -2.33. The van der Waals surface area contributed by atoms with E-state index in [9.17, 15) is 70.4 Å². The van der Waals surface area contributed by atoms with Crippen LogP contribution in [0.2, 0.25) is 0 Å². The van der Waals surface area contributed by atoms with Crippen LogP contribution in [0.25, 0.3) is 16.7 Å². The molecule has 14 N–H and O–H groups in total. The molecule has 2 amide bonds. The molecule has 0 unspecified atom stereocenters. The number of rotatable bonds is 25. The maximum absolute atomic E-state index is 13.0. The largest absolute Gasteiger partial charge is 0.478 e. The van der Waals surface area contributed by atoms with Crippen LogP contribution in [0.15, 0.2) is 147 Å². The van der Waals surface area contributed by atoms with Crippen molar-refractivity contribution < 1.29 is 113 Å². The minimum Gasteiger partial charge on any atom is -0.478 e. The fourth-order valence-corrected chi connectivity index (χ4v) is 11.4. The van der Waals surface area contributed by atoms with Crippen molar-refractivity contribution in [1.82, 2.24) is 15.0 Å². The zero-order valence-electron chi connectivity index (χ0n) is 40.8. The average Bonchev–Trinajstić information content (AvgIpc) is 1.56. The summed E-state index contributed by atoms with van der Waals surface area (Å²) in [5.74, 6) is -3.39. The molecule has 0 aliphatic rings. The number of amides is 2. The Bertz CT molecular complexity index is 4420. The smallest absolute Gasteiger partial charge is 0.444 e. The van der Waals surface area contributed by atoms with Gasteiger partial charge in [0.15, 0.2) is 9.84 Å². The maximum atomic E-state index is 13.0. The summed E-state index contributed by atoms with van der Waals surface area (Å²) >= 11 is 0.422. The van der Waals surface area contributed by atoms with E-state index < -0.39 is 118 Å². The Hall–Kier alpha value is -8.13. The monoisotopic (exact) mass is 1300 g/mol. The van der Waals surface area contributed by atoms with Crippen LogP contribution < -0.4 is 32.0 Å². The summed E-state index contributed by atoms with van der Waals surface area (Å²) in [5, 5.41) is 57.3. The molecule has 84 heavy (non-hydrogen) atoms. The summed E-state index contributed by atoms with van der Waals surface area (Å²) in [5.41, 5.74) is 8.42. The topological polar surface area (TPSA) is 573 Å². The van der Waals surface area contributed by atoms with Crippen LogP contribution in [-0.4, -0.2) is 115 Å². The third-order valence-electron chi connectivity index (χ3n) is 10.3. The number of nitrogens with one attached hydrogen (secondary N) is 3. The first kappa shape index (κ1) is 63.5. The van der Waals surface area contributed by atoms with E-state index >= 15 is 0 Å². The van der Waals surface area contributed by atoms with Crippen LogP contribution in [0.5, 0.6) is 0 Å². The van der Waals surface area contributed by atoms with Crippen molar-refractivity contribution in [2.45, 2.75) is 29.4 Å². The number of aromatic carboxylic acids is 1. The molecule has 44 heteroatoms. The van der Waals surface area contributed by atoms with Crippen molar-refractivity contribution in [3.05, 3.63) is 103 Å². The van der Waals surface area contributed by atoms with Crippen LogP contribution in [0.1, 0.15) is 10.4 Å². The molecule has 5 aromatic carbocycles. The van der Waals surface area contributed by atoms with Crippen molar-refractivity contribution in [3.63, 3.8) is 0 Å². The zero-order chi connectivity index (χ0) is 61.5. The number of carbonyl (C=O) groups excluding carboxylic acids is 1. The third kappa shape index (κ3) is 16.6. The number of carboxylic acid groups (broad SMARTS) is 1. The minimum atomic E-state index is -5.20. The van der Waals surface area contributed by atoms with Crippen LogP contribution in [0, 0.1) is 0 Å². The second-order valence-corrected chi connectivity index (χ2v) is 24.8. The Kier molecular flexibility index (Phi) is 19.5. The first-order valence-electron chi connectivity index (χ1n) is 21.7. The molecule has 0 atom stereocenters. The van der Waals surface area contributed by atoms with Crippen LogP contribution in [-0.2, 0) is 73.5 Å². The van der Waals surface area contributed by atoms with Crippen LogP contribution in [0.3, 0.4) is 0 Å². The summed E-state index contributed by atoms with van der Waals surface area (Å²) < 4.78 is 176. The lowest BCUT2D eigenvalue weighted by Gasteiger charge is -2.12. The number of nitrogen functional groups attached to an aromatic ring is 1. The standard InChI is InChI=1S/C40H33N13O24S7/c41-25-17-29(30(18-34(25)82(64,65)66)51-50-27-4-2-23(15-32(27)79-77-75-58)80(59,60)10-9-73-84(70,71)72)45-39-46-38(47-40(48-39)53-7-5-19(6-8-53)36(54)55)43-21-1-3-26(28(13-21)44-37(42)56)49-52-31-16-24-20(12-35(31)83(67,68)69)11-22(78-76-74-57)14-33(24)81(61,62)63/h1-8,11-18H,9-10H2,(H13-,41,42,43,44,45,46,47,48,50,52,54,55,56,57,58,61,62,63,64,65,66,67,68,69,70,71,72)/p+1. The van der Waals surface area contributed by atoms with Gasteiger partial charge in [-0.25, -0.2) is 37.3 Å². The van der Waals surface area contributed by atoms with Crippen LogP contribution >= 0.6 is 24.1 Å². The molecule has 0 radical (unpaired) electrons. The van der Waals surface area contributed by atoms with E-state index in [0.29, 0.717) is 0 Å². The van der Waals surface area contributed by atoms with Crippen molar-refractivity contribution in [2.24, 2.45) is 26.2 Å². The molecule has 0 aliphatic carbocycles. The number of carboxylic acids is 1. The molecule has 2 aromatic heterocycles. The molecule has 0 saturated carbocycles. The molecule has 444 valence electrons. The number of benzene rings is 5. The van der Waals surface area contributed by atoms with E-state index in [0.717, 1.165) is 54.6 Å². The average molecular weight is 1310 g/mol. The number of azo groups is 2. The number of pyridine rings is 1. The zero-order valence-corrected chi connectivity index (χ0v) is 46.5. The van der Waals surface area contributed by atoms with Crippen LogP contribution in [0.4, 0.5) is 62.2 Å². The highest BCUT2D eigenvalue weighted by atomic mass is 32.3. The van der Waals surface area contributed by atoms with Gasteiger partial charge in [-0.1, -0.05) is 10.1 Å². The van der Waals surface area contributed by atoms with Crippen molar-refractivity contribution in [2.75, 3.05) is 34.0 Å². The number of anilines is 6. The van der Waals surface area contributed by atoms with E-state index in [1.165, 1.54) is 47.3 Å². The lowest BCUT2D eigenvalue weighted by molar-refractivity contribution is -0.603. The molecule has 0 bridgehead atoms. The Labute approximate surface area is 478 Å². The maximum Gasteiger partial charge on any atom is 0.444 e. The fourth-order valence-electron chi connectivity index (χ4n) is 6.86.